The lowest BCUT2D eigenvalue weighted by molar-refractivity contribution is -0.158. The Labute approximate surface area is 182 Å². The first-order valence-electron chi connectivity index (χ1n) is 8.90. The number of sulfonamides is 1. The van der Waals surface area contributed by atoms with Crippen molar-refractivity contribution in [2.75, 3.05) is 4.72 Å². The summed E-state index contributed by atoms with van der Waals surface area (Å²) in [5, 5.41) is 0.225. The minimum absolute atomic E-state index is 0.0229. The van der Waals surface area contributed by atoms with Gasteiger partial charge in [0.25, 0.3) is 10.0 Å². The Morgan fingerprint density at radius 2 is 1.97 bits per heavy atom. The Balaban J connectivity index is 1.96. The maximum absolute atomic E-state index is 13.4. The van der Waals surface area contributed by atoms with Gasteiger partial charge in [0.2, 0.25) is 0 Å². The van der Waals surface area contributed by atoms with Crippen LogP contribution >= 0.6 is 27.5 Å². The zero-order valence-electron chi connectivity index (χ0n) is 16.1. The highest BCUT2D eigenvalue weighted by molar-refractivity contribution is 9.10. The second-order valence-corrected chi connectivity index (χ2v) is 10.8. The van der Waals surface area contributed by atoms with Gasteiger partial charge in [0.15, 0.2) is 0 Å². The third-order valence-corrected chi connectivity index (χ3v) is 6.81. The first-order chi connectivity index (χ1) is 13.4. The van der Waals surface area contributed by atoms with Crippen LogP contribution in [0.5, 0.6) is 0 Å². The summed E-state index contributed by atoms with van der Waals surface area (Å²) >= 11 is 9.22. The van der Waals surface area contributed by atoms with E-state index in [0.29, 0.717) is 24.0 Å². The van der Waals surface area contributed by atoms with Crippen molar-refractivity contribution in [1.29, 1.82) is 0 Å². The number of anilines is 1. The van der Waals surface area contributed by atoms with Crippen LogP contribution in [0.2, 0.25) is 5.02 Å². The van der Waals surface area contributed by atoms with Crippen molar-refractivity contribution in [2.45, 2.75) is 44.6 Å². The minimum atomic E-state index is -3.99. The van der Waals surface area contributed by atoms with E-state index < -0.39 is 27.4 Å². The van der Waals surface area contributed by atoms with Gasteiger partial charge in [-0.25, -0.2) is 12.8 Å². The summed E-state index contributed by atoms with van der Waals surface area (Å²) in [6, 6.07) is 6.83. The van der Waals surface area contributed by atoms with Crippen LogP contribution in [-0.4, -0.2) is 14.4 Å². The quantitative estimate of drug-likeness (QED) is 0.549. The number of esters is 1. The molecule has 9 heteroatoms. The van der Waals surface area contributed by atoms with Crippen LogP contribution in [0.25, 0.3) is 0 Å². The van der Waals surface area contributed by atoms with Crippen LogP contribution < -0.4 is 4.72 Å². The number of rotatable bonds is 4. The number of hydrogen-bond acceptors (Lipinski definition) is 4. The first kappa shape index (κ1) is 22.1. The predicted molar refractivity (Wildman–Crippen MR) is 113 cm³/mol. The largest absolute Gasteiger partial charge is 0.457 e. The molecule has 0 radical (unpaired) electrons. The summed E-state index contributed by atoms with van der Waals surface area (Å²) < 4.78 is 47.7. The fourth-order valence-corrected chi connectivity index (χ4v) is 5.10. The van der Waals surface area contributed by atoms with E-state index >= 15 is 0 Å². The highest BCUT2D eigenvalue weighted by Gasteiger charge is 2.34. The summed E-state index contributed by atoms with van der Waals surface area (Å²) in [6.07, 6.45) is 0.351. The van der Waals surface area contributed by atoms with Crippen LogP contribution in [0.3, 0.4) is 0 Å². The normalized spacial score (nSPS) is 16.4. The Bertz CT molecular complexity index is 1080. The Morgan fingerprint density at radius 3 is 2.59 bits per heavy atom. The molecule has 1 aliphatic carbocycles. The lowest BCUT2D eigenvalue weighted by Crippen LogP contribution is -2.24. The average Bonchev–Trinajstić information content (AvgIpc) is 2.99. The topological polar surface area (TPSA) is 72.5 Å². The van der Waals surface area contributed by atoms with Crippen molar-refractivity contribution in [3.63, 3.8) is 0 Å². The van der Waals surface area contributed by atoms with Gasteiger partial charge >= 0.3 is 5.97 Å². The maximum Gasteiger partial charge on any atom is 0.311 e. The number of benzene rings is 2. The lowest BCUT2D eigenvalue weighted by Gasteiger charge is -2.21. The third-order valence-electron chi connectivity index (χ3n) is 4.53. The van der Waals surface area contributed by atoms with Crippen molar-refractivity contribution in [3.05, 3.63) is 56.8 Å². The van der Waals surface area contributed by atoms with E-state index in [4.69, 9.17) is 16.3 Å². The van der Waals surface area contributed by atoms with Gasteiger partial charge in [0, 0.05) is 5.02 Å². The summed E-state index contributed by atoms with van der Waals surface area (Å²) in [6.45, 7) is 5.26. The molecule has 156 valence electrons. The molecular formula is C20H20BrClFNO4S. The van der Waals surface area contributed by atoms with Crippen LogP contribution in [0.1, 0.15) is 44.4 Å². The summed E-state index contributed by atoms with van der Waals surface area (Å²) in [5.41, 5.74) is 0.694. The van der Waals surface area contributed by atoms with Gasteiger partial charge in [-0.1, -0.05) is 11.6 Å². The molecule has 0 amide bonds. The number of carbonyl (C=O) groups is 1. The van der Waals surface area contributed by atoms with E-state index in [9.17, 15) is 17.6 Å². The summed E-state index contributed by atoms with van der Waals surface area (Å²) in [4.78, 5) is 12.3. The molecule has 0 saturated carbocycles. The number of nitrogens with one attached hydrogen (secondary N) is 1. The lowest BCUT2D eigenvalue weighted by atomic mass is 9.97. The molecule has 0 spiro atoms. The van der Waals surface area contributed by atoms with E-state index in [1.807, 2.05) is 0 Å². The fraction of sp³-hybridized carbons (Fsp3) is 0.350. The molecule has 2 aromatic carbocycles. The number of hydrogen-bond donors (Lipinski definition) is 1. The van der Waals surface area contributed by atoms with Gasteiger partial charge in [-0.3, -0.25) is 9.52 Å². The fourth-order valence-electron chi connectivity index (χ4n) is 3.06. The van der Waals surface area contributed by atoms with Gasteiger partial charge in [-0.2, -0.15) is 0 Å². The summed E-state index contributed by atoms with van der Waals surface area (Å²) in [7, 11) is -3.99. The van der Waals surface area contributed by atoms with Crippen LogP contribution in [0.4, 0.5) is 10.1 Å². The van der Waals surface area contributed by atoms with Crippen molar-refractivity contribution in [2.24, 2.45) is 5.41 Å². The molecule has 1 atom stereocenters. The molecule has 0 saturated heterocycles. The van der Waals surface area contributed by atoms with E-state index in [-0.39, 0.29) is 26.0 Å². The molecule has 0 unspecified atom stereocenters. The first-order valence-corrected chi connectivity index (χ1v) is 11.5. The number of fused-ring (bicyclic) bond motifs is 1. The SMILES string of the molecule is CC(C)(C)C(=O)O[C@@H]1CCc2c1cc(Cl)cc2S(=O)(=O)Nc1ccc(F)c(Br)c1. The Morgan fingerprint density at radius 1 is 1.28 bits per heavy atom. The Kier molecular flexibility index (Phi) is 6.00. The smallest absolute Gasteiger partial charge is 0.311 e. The molecule has 0 aliphatic heterocycles. The Hall–Kier alpha value is -1.64. The van der Waals surface area contributed by atoms with E-state index in [2.05, 4.69) is 20.7 Å². The van der Waals surface area contributed by atoms with Crippen molar-refractivity contribution in [1.82, 2.24) is 0 Å². The molecule has 5 nitrogen and oxygen atoms in total. The van der Waals surface area contributed by atoms with Gasteiger partial charge in [0.1, 0.15) is 11.9 Å². The second kappa shape index (κ2) is 7.89. The average molecular weight is 505 g/mol. The van der Waals surface area contributed by atoms with Gasteiger partial charge in [-0.05, 0) is 91.0 Å². The minimum Gasteiger partial charge on any atom is -0.457 e. The second-order valence-electron chi connectivity index (χ2n) is 7.89. The summed E-state index contributed by atoms with van der Waals surface area (Å²) in [5.74, 6) is -0.867. The van der Waals surface area contributed by atoms with E-state index in [0.717, 1.165) is 6.07 Å². The third kappa shape index (κ3) is 4.75. The molecule has 29 heavy (non-hydrogen) atoms. The standard InChI is InChI=1S/C20H20BrClFNO4S/c1-20(2,3)19(25)28-17-7-5-13-14(17)8-11(22)9-18(13)29(26,27)24-12-4-6-16(23)15(21)10-12/h4,6,8-10,17,24H,5,7H2,1-3H3/t17-/m1/s1. The molecule has 0 fully saturated rings. The van der Waals surface area contributed by atoms with Crippen molar-refractivity contribution in [3.8, 4) is 0 Å². The van der Waals surface area contributed by atoms with Crippen molar-refractivity contribution < 1.29 is 22.3 Å². The molecule has 3 rings (SSSR count). The van der Waals surface area contributed by atoms with Crippen molar-refractivity contribution >= 4 is 49.2 Å². The van der Waals surface area contributed by atoms with Gasteiger partial charge in [-0.15, -0.1) is 0 Å². The predicted octanol–water partition coefficient (Wildman–Crippen LogP) is 5.62. The maximum atomic E-state index is 13.4. The monoisotopic (exact) mass is 503 g/mol. The molecule has 2 aromatic rings. The zero-order chi connectivity index (χ0) is 21.6. The van der Waals surface area contributed by atoms with Crippen LogP contribution in [-0.2, 0) is 26.0 Å². The van der Waals surface area contributed by atoms with Gasteiger partial charge < -0.3 is 4.74 Å². The highest BCUT2D eigenvalue weighted by Crippen LogP contribution is 2.41. The molecular weight excluding hydrogens is 485 g/mol. The zero-order valence-corrected chi connectivity index (χ0v) is 19.2. The molecule has 0 heterocycles. The molecule has 1 N–H and O–H groups in total. The number of halogens is 3. The molecule has 0 bridgehead atoms. The van der Waals surface area contributed by atoms with E-state index in [1.165, 1.54) is 18.2 Å². The molecule has 0 aromatic heterocycles. The number of carbonyl (C=O) groups excluding carboxylic acids is 1. The molecule has 1 aliphatic rings. The van der Waals surface area contributed by atoms with Crippen LogP contribution in [0.15, 0.2) is 39.7 Å². The van der Waals surface area contributed by atoms with Gasteiger partial charge in [0.05, 0.1) is 20.5 Å². The van der Waals surface area contributed by atoms with E-state index in [1.54, 1.807) is 26.8 Å². The number of ether oxygens (including phenoxy) is 1. The van der Waals surface area contributed by atoms with Crippen LogP contribution in [0, 0.1) is 11.2 Å². The highest BCUT2D eigenvalue weighted by atomic mass is 79.9.